The number of H-pyrrole nitrogens is 1. The second-order valence-corrected chi connectivity index (χ2v) is 5.17. The first-order chi connectivity index (χ1) is 8.81. The van der Waals surface area contributed by atoms with Gasteiger partial charge in [0, 0.05) is 35.3 Å². The Bertz CT molecular complexity index is 588. The van der Waals surface area contributed by atoms with E-state index in [1.165, 1.54) is 36.2 Å². The summed E-state index contributed by atoms with van der Waals surface area (Å²) in [6, 6.07) is 7.59. The quantitative estimate of drug-likeness (QED) is 0.808. The molecular weight excluding hydrogens is 229 g/mol. The van der Waals surface area contributed by atoms with Gasteiger partial charge in [0.25, 0.3) is 0 Å². The van der Waals surface area contributed by atoms with Crippen molar-refractivity contribution in [3.63, 3.8) is 0 Å². The van der Waals surface area contributed by atoms with Crippen molar-refractivity contribution < 1.29 is 4.39 Å². The highest BCUT2D eigenvalue weighted by Crippen LogP contribution is 2.39. The standard InChI is InChI=1S/C14H14FN3/c15-9-3-1-8(2-4-9)14-13-11-6-5-10(16-11)7-12(13)17-18-14/h1-4,10-11,16H,5-7H2,(H,17,18)/t10-,11-/m1/s1. The third kappa shape index (κ3) is 1.42. The van der Waals surface area contributed by atoms with Crippen LogP contribution >= 0.6 is 0 Å². The summed E-state index contributed by atoms with van der Waals surface area (Å²) in [5, 5.41) is 11.2. The number of halogens is 1. The van der Waals surface area contributed by atoms with Crippen LogP contribution in [0.3, 0.4) is 0 Å². The summed E-state index contributed by atoms with van der Waals surface area (Å²) < 4.78 is 13.0. The van der Waals surface area contributed by atoms with Crippen LogP contribution in [0.15, 0.2) is 24.3 Å². The van der Waals surface area contributed by atoms with E-state index in [9.17, 15) is 4.39 Å². The van der Waals surface area contributed by atoms with Crippen molar-refractivity contribution in [2.45, 2.75) is 31.3 Å². The van der Waals surface area contributed by atoms with Crippen molar-refractivity contribution in [2.75, 3.05) is 0 Å². The van der Waals surface area contributed by atoms with Crippen LogP contribution in [0.4, 0.5) is 4.39 Å². The van der Waals surface area contributed by atoms with E-state index in [2.05, 4.69) is 15.5 Å². The number of fused-ring (bicyclic) bond motifs is 4. The normalized spacial score (nSPS) is 25.2. The van der Waals surface area contributed by atoms with Gasteiger partial charge < -0.3 is 5.32 Å². The summed E-state index contributed by atoms with van der Waals surface area (Å²) in [6.07, 6.45) is 3.43. The summed E-state index contributed by atoms with van der Waals surface area (Å²) >= 11 is 0. The summed E-state index contributed by atoms with van der Waals surface area (Å²) in [6.45, 7) is 0. The maximum atomic E-state index is 13.0. The Morgan fingerprint density at radius 1 is 1.17 bits per heavy atom. The van der Waals surface area contributed by atoms with Gasteiger partial charge in [-0.05, 0) is 37.1 Å². The lowest BCUT2D eigenvalue weighted by Gasteiger charge is -2.21. The second kappa shape index (κ2) is 3.65. The molecule has 4 heteroatoms. The first-order valence-corrected chi connectivity index (χ1v) is 6.40. The molecule has 0 aliphatic carbocycles. The van der Waals surface area contributed by atoms with Crippen LogP contribution in [0, 0.1) is 5.82 Å². The lowest BCUT2D eigenvalue weighted by molar-refractivity contribution is 0.511. The third-order valence-corrected chi connectivity index (χ3v) is 4.04. The van der Waals surface area contributed by atoms with Gasteiger partial charge in [0.15, 0.2) is 0 Å². The van der Waals surface area contributed by atoms with Gasteiger partial charge in [-0.15, -0.1) is 0 Å². The average Bonchev–Trinajstić information content (AvgIpc) is 2.96. The molecule has 3 nitrogen and oxygen atoms in total. The van der Waals surface area contributed by atoms with Crippen LogP contribution in [-0.4, -0.2) is 16.2 Å². The van der Waals surface area contributed by atoms with E-state index in [1.807, 2.05) is 0 Å². The molecule has 0 radical (unpaired) electrons. The molecule has 2 atom stereocenters. The Hall–Kier alpha value is -1.68. The fourth-order valence-electron chi connectivity index (χ4n) is 3.20. The van der Waals surface area contributed by atoms with Gasteiger partial charge in [-0.3, -0.25) is 5.10 Å². The largest absolute Gasteiger partial charge is 0.307 e. The van der Waals surface area contributed by atoms with Crippen molar-refractivity contribution in [1.29, 1.82) is 0 Å². The number of hydrogen-bond acceptors (Lipinski definition) is 2. The monoisotopic (exact) mass is 243 g/mol. The number of aromatic nitrogens is 2. The minimum absolute atomic E-state index is 0.206. The molecule has 2 bridgehead atoms. The molecule has 92 valence electrons. The number of nitrogens with zero attached hydrogens (tertiary/aromatic N) is 1. The summed E-state index contributed by atoms with van der Waals surface area (Å²) in [5.41, 5.74) is 4.50. The van der Waals surface area contributed by atoms with Crippen LogP contribution < -0.4 is 5.32 Å². The first kappa shape index (κ1) is 10.3. The van der Waals surface area contributed by atoms with Gasteiger partial charge in [0.1, 0.15) is 5.82 Å². The van der Waals surface area contributed by atoms with Gasteiger partial charge >= 0.3 is 0 Å². The van der Waals surface area contributed by atoms with E-state index >= 15 is 0 Å². The molecule has 0 amide bonds. The van der Waals surface area contributed by atoms with E-state index in [0.29, 0.717) is 12.1 Å². The van der Waals surface area contributed by atoms with E-state index in [0.717, 1.165) is 17.7 Å². The Labute approximate surface area is 104 Å². The van der Waals surface area contributed by atoms with Gasteiger partial charge in [0.05, 0.1) is 5.69 Å². The lowest BCUT2D eigenvalue weighted by Crippen LogP contribution is -2.31. The molecule has 3 heterocycles. The molecule has 1 aromatic heterocycles. The van der Waals surface area contributed by atoms with Gasteiger partial charge in [-0.2, -0.15) is 5.10 Å². The molecular formula is C14H14FN3. The minimum atomic E-state index is -0.206. The number of nitrogens with one attached hydrogen (secondary N) is 2. The van der Waals surface area contributed by atoms with Crippen LogP contribution in [0.2, 0.25) is 0 Å². The van der Waals surface area contributed by atoms with Gasteiger partial charge in [0.2, 0.25) is 0 Å². The summed E-state index contributed by atoms with van der Waals surface area (Å²) in [4.78, 5) is 0. The molecule has 0 saturated carbocycles. The zero-order chi connectivity index (χ0) is 12.1. The van der Waals surface area contributed by atoms with E-state index in [-0.39, 0.29) is 5.82 Å². The molecule has 2 aliphatic rings. The molecule has 1 saturated heterocycles. The zero-order valence-electron chi connectivity index (χ0n) is 9.91. The summed E-state index contributed by atoms with van der Waals surface area (Å²) in [5.74, 6) is -0.206. The molecule has 2 aliphatic heterocycles. The maximum absolute atomic E-state index is 13.0. The number of benzene rings is 1. The SMILES string of the molecule is Fc1ccc(-c2n[nH]c3c2[C@H]2CC[C@H](C3)N2)cc1. The van der Waals surface area contributed by atoms with Crippen molar-refractivity contribution in [3.8, 4) is 11.3 Å². The van der Waals surface area contributed by atoms with Crippen molar-refractivity contribution in [3.05, 3.63) is 41.3 Å². The Morgan fingerprint density at radius 3 is 2.83 bits per heavy atom. The smallest absolute Gasteiger partial charge is 0.123 e. The van der Waals surface area contributed by atoms with Crippen molar-refractivity contribution in [2.24, 2.45) is 0 Å². The third-order valence-electron chi connectivity index (χ3n) is 4.04. The second-order valence-electron chi connectivity index (χ2n) is 5.17. The van der Waals surface area contributed by atoms with Crippen LogP contribution in [0.5, 0.6) is 0 Å². The zero-order valence-corrected chi connectivity index (χ0v) is 9.91. The summed E-state index contributed by atoms with van der Waals surface area (Å²) in [7, 11) is 0. The number of aromatic amines is 1. The minimum Gasteiger partial charge on any atom is -0.307 e. The number of hydrogen-bond donors (Lipinski definition) is 2. The molecule has 2 N–H and O–H groups in total. The lowest BCUT2D eigenvalue weighted by atomic mass is 9.96. The molecule has 0 unspecified atom stereocenters. The van der Waals surface area contributed by atoms with E-state index in [4.69, 9.17) is 0 Å². The fourth-order valence-corrected chi connectivity index (χ4v) is 3.20. The molecule has 0 spiro atoms. The highest BCUT2D eigenvalue weighted by atomic mass is 19.1. The van der Waals surface area contributed by atoms with Crippen LogP contribution in [-0.2, 0) is 6.42 Å². The van der Waals surface area contributed by atoms with E-state index in [1.54, 1.807) is 12.1 Å². The highest BCUT2D eigenvalue weighted by Gasteiger charge is 2.35. The predicted octanol–water partition coefficient (Wildman–Crippen LogP) is 2.56. The molecule has 4 rings (SSSR count). The first-order valence-electron chi connectivity index (χ1n) is 6.40. The van der Waals surface area contributed by atoms with Gasteiger partial charge in [-0.1, -0.05) is 0 Å². The van der Waals surface area contributed by atoms with Crippen LogP contribution in [0.1, 0.15) is 30.1 Å². The Morgan fingerprint density at radius 2 is 2.00 bits per heavy atom. The Balaban J connectivity index is 1.83. The maximum Gasteiger partial charge on any atom is 0.123 e. The fraction of sp³-hybridized carbons (Fsp3) is 0.357. The van der Waals surface area contributed by atoms with Gasteiger partial charge in [-0.25, -0.2) is 4.39 Å². The molecule has 18 heavy (non-hydrogen) atoms. The van der Waals surface area contributed by atoms with Crippen molar-refractivity contribution in [1.82, 2.24) is 15.5 Å². The van der Waals surface area contributed by atoms with E-state index < -0.39 is 0 Å². The van der Waals surface area contributed by atoms with Crippen LogP contribution in [0.25, 0.3) is 11.3 Å². The molecule has 2 aromatic rings. The predicted molar refractivity (Wildman–Crippen MR) is 66.6 cm³/mol. The Kier molecular flexibility index (Phi) is 2.08. The molecule has 1 fully saturated rings. The highest BCUT2D eigenvalue weighted by molar-refractivity contribution is 5.65. The number of rotatable bonds is 1. The topological polar surface area (TPSA) is 40.7 Å². The average molecular weight is 243 g/mol. The van der Waals surface area contributed by atoms with Crippen molar-refractivity contribution >= 4 is 0 Å². The molecule has 1 aromatic carbocycles.